The minimum atomic E-state index is -0.211. The Kier molecular flexibility index (Phi) is 7.88. The van der Waals surface area contributed by atoms with Crippen LogP contribution in [0.1, 0.15) is 28.9 Å². The van der Waals surface area contributed by atoms with Crippen molar-refractivity contribution >= 4 is 23.2 Å². The maximum absolute atomic E-state index is 12.6. The van der Waals surface area contributed by atoms with Gasteiger partial charge in [0.2, 0.25) is 0 Å². The molecule has 1 aliphatic heterocycles. The van der Waals surface area contributed by atoms with Crippen molar-refractivity contribution in [3.63, 3.8) is 0 Å². The average molecular weight is 410 g/mol. The first-order valence-corrected chi connectivity index (χ1v) is 9.90. The average Bonchev–Trinajstić information content (AvgIpc) is 2.79. The van der Waals surface area contributed by atoms with Gasteiger partial charge in [0.25, 0.3) is 5.91 Å². The number of nitrogens with zero attached hydrogens (tertiary/aromatic N) is 4. The molecule has 0 atom stereocenters. The number of hydrogen-bond acceptors (Lipinski definition) is 9. The zero-order valence-electron chi connectivity index (χ0n) is 16.9. The molecule has 1 aliphatic rings. The van der Waals surface area contributed by atoms with Gasteiger partial charge in [0.1, 0.15) is 17.7 Å². The molecule has 2 aromatic heterocycles. The van der Waals surface area contributed by atoms with Crippen LogP contribution in [-0.4, -0.2) is 60.8 Å². The van der Waals surface area contributed by atoms with Crippen LogP contribution in [0.4, 0.5) is 17.3 Å². The van der Waals surface area contributed by atoms with Gasteiger partial charge in [-0.25, -0.2) is 15.0 Å². The van der Waals surface area contributed by atoms with Gasteiger partial charge in [-0.2, -0.15) is 5.26 Å². The Labute approximate surface area is 175 Å². The maximum atomic E-state index is 12.6. The smallest absolute Gasteiger partial charge is 0.255 e. The lowest BCUT2D eigenvalue weighted by Crippen LogP contribution is -2.32. The number of piperidine rings is 1. The number of nitriles is 1. The van der Waals surface area contributed by atoms with Crippen LogP contribution in [-0.2, 0) is 4.74 Å². The van der Waals surface area contributed by atoms with E-state index in [2.05, 4.69) is 36.2 Å². The number of rotatable bonds is 9. The summed E-state index contributed by atoms with van der Waals surface area (Å²) in [6.07, 6.45) is 6.58. The molecule has 2 aromatic rings. The number of nitrogens with one attached hydrogen (secondary N) is 4. The summed E-state index contributed by atoms with van der Waals surface area (Å²) in [6.45, 7) is 3.66. The largest absolute Gasteiger partial charge is 0.384 e. The van der Waals surface area contributed by atoms with Crippen molar-refractivity contribution < 1.29 is 9.53 Å². The van der Waals surface area contributed by atoms with E-state index in [-0.39, 0.29) is 11.6 Å². The van der Waals surface area contributed by atoms with Crippen molar-refractivity contribution in [2.45, 2.75) is 12.8 Å². The number of aromatic nitrogens is 3. The first kappa shape index (κ1) is 21.4. The van der Waals surface area contributed by atoms with Crippen LogP contribution in [0.2, 0.25) is 0 Å². The molecule has 3 heterocycles. The topological polar surface area (TPSA) is 137 Å². The number of methoxy groups -OCH3 is 1. The van der Waals surface area contributed by atoms with Gasteiger partial charge in [0, 0.05) is 32.5 Å². The fraction of sp³-hybridized carbons (Fsp3) is 0.450. The van der Waals surface area contributed by atoms with Gasteiger partial charge in [-0.15, -0.1) is 0 Å². The summed E-state index contributed by atoms with van der Waals surface area (Å²) in [7, 11) is 1.59. The third-order valence-corrected chi connectivity index (χ3v) is 4.80. The molecule has 0 unspecified atom stereocenters. The monoisotopic (exact) mass is 410 g/mol. The Morgan fingerprint density at radius 2 is 2.03 bits per heavy atom. The highest BCUT2D eigenvalue weighted by Crippen LogP contribution is 2.22. The van der Waals surface area contributed by atoms with Crippen molar-refractivity contribution in [1.82, 2.24) is 25.6 Å². The first-order chi connectivity index (χ1) is 14.7. The molecule has 0 aliphatic carbocycles. The second-order valence-corrected chi connectivity index (χ2v) is 6.96. The molecule has 0 bridgehead atoms. The Bertz CT molecular complexity index is 875. The van der Waals surface area contributed by atoms with Crippen LogP contribution >= 0.6 is 0 Å². The Hall–Kier alpha value is -3.29. The van der Waals surface area contributed by atoms with Gasteiger partial charge in [-0.05, 0) is 31.8 Å². The lowest BCUT2D eigenvalue weighted by Gasteiger charge is -2.24. The highest BCUT2D eigenvalue weighted by molar-refractivity contribution is 5.99. The molecule has 30 heavy (non-hydrogen) atoms. The van der Waals surface area contributed by atoms with Gasteiger partial charge in [0.05, 0.1) is 30.3 Å². The molecule has 0 saturated carbocycles. The highest BCUT2D eigenvalue weighted by atomic mass is 16.5. The summed E-state index contributed by atoms with van der Waals surface area (Å²) in [4.78, 5) is 25.1. The minimum absolute atomic E-state index is 0.211. The Morgan fingerprint density at radius 1 is 1.23 bits per heavy atom. The molecule has 1 saturated heterocycles. The van der Waals surface area contributed by atoms with Crippen LogP contribution in [0.15, 0.2) is 24.7 Å². The van der Waals surface area contributed by atoms with E-state index >= 15 is 0 Å². The van der Waals surface area contributed by atoms with Gasteiger partial charge in [-0.3, -0.25) is 4.79 Å². The number of carbonyl (C=O) groups is 1. The van der Waals surface area contributed by atoms with Crippen molar-refractivity contribution in [2.75, 3.05) is 50.5 Å². The Morgan fingerprint density at radius 3 is 2.73 bits per heavy atom. The number of anilines is 3. The third-order valence-electron chi connectivity index (χ3n) is 4.80. The van der Waals surface area contributed by atoms with Gasteiger partial charge in [-0.1, -0.05) is 0 Å². The number of carbonyl (C=O) groups excluding carboxylic acids is 1. The minimum Gasteiger partial charge on any atom is -0.384 e. The zero-order chi connectivity index (χ0) is 21.2. The molecule has 0 radical (unpaired) electrons. The van der Waals surface area contributed by atoms with Gasteiger partial charge in [0.15, 0.2) is 5.69 Å². The van der Waals surface area contributed by atoms with E-state index in [0.29, 0.717) is 42.0 Å². The van der Waals surface area contributed by atoms with Crippen molar-refractivity contribution in [3.05, 3.63) is 35.9 Å². The standard InChI is InChI=1S/C20H26N8O2/c1-30-7-6-23-20(29)16-12-27-18(28-19-13-24-15(9-21)11-26-19)8-17(16)25-10-14-2-4-22-5-3-14/h8,11-14,22H,2-7,10H2,1H3,(H,23,29)(H2,25,26,27,28). The zero-order valence-corrected chi connectivity index (χ0v) is 16.9. The molecule has 10 nitrogen and oxygen atoms in total. The molecule has 3 rings (SSSR count). The van der Waals surface area contributed by atoms with Crippen LogP contribution in [0.3, 0.4) is 0 Å². The van der Waals surface area contributed by atoms with E-state index in [0.717, 1.165) is 32.5 Å². The van der Waals surface area contributed by atoms with E-state index < -0.39 is 0 Å². The molecule has 4 N–H and O–H groups in total. The van der Waals surface area contributed by atoms with Crippen molar-refractivity contribution in [2.24, 2.45) is 5.92 Å². The normalized spacial score (nSPS) is 14.0. The molecule has 1 amide bonds. The quantitative estimate of drug-likeness (QED) is 0.450. The van der Waals surface area contributed by atoms with Gasteiger partial charge < -0.3 is 26.0 Å². The van der Waals surface area contributed by atoms with E-state index in [1.165, 1.54) is 18.6 Å². The number of amides is 1. The SMILES string of the molecule is COCCNC(=O)c1cnc(Nc2cnc(C#N)cn2)cc1NCC1CCNCC1. The molecule has 0 aromatic carbocycles. The van der Waals surface area contributed by atoms with E-state index in [4.69, 9.17) is 10.00 Å². The van der Waals surface area contributed by atoms with E-state index in [1.807, 2.05) is 6.07 Å². The fourth-order valence-electron chi connectivity index (χ4n) is 3.13. The van der Waals surface area contributed by atoms with Crippen LogP contribution in [0, 0.1) is 17.2 Å². The Balaban J connectivity index is 1.75. The lowest BCUT2D eigenvalue weighted by atomic mass is 9.98. The van der Waals surface area contributed by atoms with Crippen LogP contribution in [0.25, 0.3) is 0 Å². The summed E-state index contributed by atoms with van der Waals surface area (Å²) in [6, 6.07) is 3.71. The molecular formula is C20H26N8O2. The van der Waals surface area contributed by atoms with Crippen molar-refractivity contribution in [1.29, 1.82) is 5.26 Å². The predicted octanol–water partition coefficient (Wildman–Crippen LogP) is 1.27. The molecule has 0 spiro atoms. The van der Waals surface area contributed by atoms with Gasteiger partial charge >= 0.3 is 0 Å². The summed E-state index contributed by atoms with van der Waals surface area (Å²) in [5, 5.41) is 21.5. The molecule has 10 heteroatoms. The molecular weight excluding hydrogens is 384 g/mol. The summed E-state index contributed by atoms with van der Waals surface area (Å²) >= 11 is 0. The maximum Gasteiger partial charge on any atom is 0.255 e. The molecule has 1 fully saturated rings. The second kappa shape index (κ2) is 11.0. The van der Waals surface area contributed by atoms with E-state index in [9.17, 15) is 4.79 Å². The number of ether oxygens (including phenoxy) is 1. The fourth-order valence-corrected chi connectivity index (χ4v) is 3.13. The van der Waals surface area contributed by atoms with E-state index in [1.54, 1.807) is 13.2 Å². The van der Waals surface area contributed by atoms with Crippen molar-refractivity contribution in [3.8, 4) is 6.07 Å². The second-order valence-electron chi connectivity index (χ2n) is 6.96. The summed E-state index contributed by atoms with van der Waals surface area (Å²) < 4.78 is 4.99. The lowest BCUT2D eigenvalue weighted by molar-refractivity contribution is 0.0937. The number of pyridine rings is 1. The first-order valence-electron chi connectivity index (χ1n) is 9.90. The predicted molar refractivity (Wildman–Crippen MR) is 113 cm³/mol. The summed E-state index contributed by atoms with van der Waals surface area (Å²) in [5.41, 5.74) is 1.40. The third kappa shape index (κ3) is 6.10. The number of hydrogen-bond donors (Lipinski definition) is 4. The highest BCUT2D eigenvalue weighted by Gasteiger charge is 2.17. The van der Waals surface area contributed by atoms with Crippen LogP contribution < -0.4 is 21.3 Å². The molecule has 158 valence electrons. The summed E-state index contributed by atoms with van der Waals surface area (Å²) in [5.74, 6) is 1.32. The van der Waals surface area contributed by atoms with Crippen LogP contribution in [0.5, 0.6) is 0 Å².